The monoisotopic (exact) mass is 339 g/mol. The molecule has 3 rings (SSSR count). The van der Waals surface area contributed by atoms with E-state index in [-0.39, 0.29) is 5.91 Å². The van der Waals surface area contributed by atoms with Gasteiger partial charge in [0.2, 0.25) is 0 Å². The van der Waals surface area contributed by atoms with Crippen molar-refractivity contribution in [2.75, 3.05) is 6.26 Å². The molecule has 6 heteroatoms. The average molecular weight is 339 g/mol. The van der Waals surface area contributed by atoms with Crippen molar-refractivity contribution in [3.05, 3.63) is 65.5 Å². The van der Waals surface area contributed by atoms with Crippen LogP contribution in [-0.4, -0.2) is 22.1 Å². The van der Waals surface area contributed by atoms with Gasteiger partial charge in [0.15, 0.2) is 11.6 Å². The third-order valence-electron chi connectivity index (χ3n) is 3.51. The Balaban J connectivity index is 1.85. The van der Waals surface area contributed by atoms with E-state index in [0.717, 1.165) is 5.56 Å². The number of rotatable bonds is 5. The van der Waals surface area contributed by atoms with Gasteiger partial charge < -0.3 is 9.73 Å². The van der Waals surface area contributed by atoms with Gasteiger partial charge in [0.25, 0.3) is 5.91 Å². The van der Waals surface area contributed by atoms with Crippen LogP contribution in [0.3, 0.4) is 0 Å². The standard InChI is InChI=1S/C18H17N3O2S/c1-12-15(17(22)19-11-13-7-4-3-5-8-13)18(24-2)21-16(20-12)14-9-6-10-23-14/h3-10H,11H2,1-2H3,(H,19,22). The number of aromatic nitrogens is 2. The molecule has 0 spiro atoms. The van der Waals surface area contributed by atoms with Crippen molar-refractivity contribution < 1.29 is 9.21 Å². The zero-order valence-electron chi connectivity index (χ0n) is 13.4. The Hall–Kier alpha value is -2.60. The smallest absolute Gasteiger partial charge is 0.256 e. The third kappa shape index (κ3) is 3.49. The molecule has 0 aliphatic heterocycles. The number of carbonyl (C=O) groups is 1. The van der Waals surface area contributed by atoms with Crippen LogP contribution >= 0.6 is 11.8 Å². The van der Waals surface area contributed by atoms with Crippen LogP contribution in [0.25, 0.3) is 11.6 Å². The molecule has 2 heterocycles. The molecule has 0 atom stereocenters. The summed E-state index contributed by atoms with van der Waals surface area (Å²) >= 11 is 1.42. The van der Waals surface area contributed by atoms with Gasteiger partial charge in [-0.1, -0.05) is 30.3 Å². The predicted molar refractivity (Wildman–Crippen MR) is 93.9 cm³/mol. The number of nitrogens with one attached hydrogen (secondary N) is 1. The lowest BCUT2D eigenvalue weighted by molar-refractivity contribution is 0.0946. The van der Waals surface area contributed by atoms with Crippen LogP contribution in [-0.2, 0) is 6.54 Å². The van der Waals surface area contributed by atoms with Crippen LogP contribution in [0.15, 0.2) is 58.2 Å². The van der Waals surface area contributed by atoms with Gasteiger partial charge in [-0.15, -0.1) is 11.8 Å². The molecule has 0 saturated carbocycles. The minimum Gasteiger partial charge on any atom is -0.461 e. The Morgan fingerprint density at radius 3 is 2.62 bits per heavy atom. The molecule has 3 aromatic rings. The number of furan rings is 1. The molecule has 0 unspecified atom stereocenters. The molecular formula is C18H17N3O2S. The maximum atomic E-state index is 12.6. The van der Waals surface area contributed by atoms with Crippen molar-refractivity contribution in [2.24, 2.45) is 0 Å². The topological polar surface area (TPSA) is 68.0 Å². The van der Waals surface area contributed by atoms with E-state index < -0.39 is 0 Å². The average Bonchev–Trinajstić information content (AvgIpc) is 3.14. The molecular weight excluding hydrogens is 322 g/mol. The molecule has 0 aliphatic rings. The Morgan fingerprint density at radius 1 is 1.17 bits per heavy atom. The maximum absolute atomic E-state index is 12.6. The molecule has 0 radical (unpaired) electrons. The molecule has 1 N–H and O–H groups in total. The number of amides is 1. The fourth-order valence-corrected chi connectivity index (χ4v) is 2.96. The van der Waals surface area contributed by atoms with Gasteiger partial charge in [0, 0.05) is 6.54 Å². The van der Waals surface area contributed by atoms with E-state index in [1.54, 1.807) is 18.4 Å². The Bertz CT molecular complexity index is 833. The molecule has 0 bridgehead atoms. The van der Waals surface area contributed by atoms with Crippen LogP contribution in [0.1, 0.15) is 21.6 Å². The lowest BCUT2D eigenvalue weighted by Crippen LogP contribution is -2.25. The fraction of sp³-hybridized carbons (Fsp3) is 0.167. The largest absolute Gasteiger partial charge is 0.461 e. The Labute approximate surface area is 144 Å². The lowest BCUT2D eigenvalue weighted by atomic mass is 10.2. The van der Waals surface area contributed by atoms with Gasteiger partial charge >= 0.3 is 0 Å². The molecule has 24 heavy (non-hydrogen) atoms. The Kier molecular flexibility index (Phi) is 4.96. The summed E-state index contributed by atoms with van der Waals surface area (Å²) in [4.78, 5) is 21.5. The minimum atomic E-state index is -0.174. The first-order valence-corrected chi connectivity index (χ1v) is 8.70. The number of thioether (sulfide) groups is 1. The van der Waals surface area contributed by atoms with Crippen LogP contribution in [0.5, 0.6) is 0 Å². The van der Waals surface area contributed by atoms with E-state index in [2.05, 4.69) is 15.3 Å². The number of hydrogen-bond donors (Lipinski definition) is 1. The maximum Gasteiger partial charge on any atom is 0.256 e. The predicted octanol–water partition coefficient (Wildman–Crippen LogP) is 3.70. The van der Waals surface area contributed by atoms with Crippen LogP contribution < -0.4 is 5.32 Å². The SMILES string of the molecule is CSc1nc(-c2ccco2)nc(C)c1C(=O)NCc1ccccc1. The van der Waals surface area contributed by atoms with E-state index in [1.165, 1.54) is 11.8 Å². The van der Waals surface area contributed by atoms with Gasteiger partial charge in [-0.05, 0) is 30.9 Å². The molecule has 1 aromatic carbocycles. The van der Waals surface area contributed by atoms with Gasteiger partial charge in [0.05, 0.1) is 17.5 Å². The summed E-state index contributed by atoms with van der Waals surface area (Å²) in [5, 5.41) is 3.57. The molecule has 0 saturated heterocycles. The van der Waals surface area contributed by atoms with Gasteiger partial charge in [0.1, 0.15) is 5.03 Å². The van der Waals surface area contributed by atoms with Crippen LogP contribution in [0, 0.1) is 6.92 Å². The van der Waals surface area contributed by atoms with Crippen molar-refractivity contribution in [3.8, 4) is 11.6 Å². The van der Waals surface area contributed by atoms with Gasteiger partial charge in [-0.3, -0.25) is 4.79 Å². The first kappa shape index (κ1) is 16.3. The summed E-state index contributed by atoms with van der Waals surface area (Å²) in [6.45, 7) is 2.28. The molecule has 5 nitrogen and oxygen atoms in total. The summed E-state index contributed by atoms with van der Waals surface area (Å²) in [6.07, 6.45) is 3.47. The highest BCUT2D eigenvalue weighted by Gasteiger charge is 2.19. The highest BCUT2D eigenvalue weighted by molar-refractivity contribution is 7.98. The van der Waals surface area contributed by atoms with E-state index in [1.807, 2.05) is 43.5 Å². The van der Waals surface area contributed by atoms with Crippen molar-refractivity contribution >= 4 is 17.7 Å². The Morgan fingerprint density at radius 2 is 1.96 bits per heavy atom. The first-order chi connectivity index (χ1) is 11.7. The molecule has 2 aromatic heterocycles. The number of benzene rings is 1. The van der Waals surface area contributed by atoms with Crippen LogP contribution in [0.2, 0.25) is 0 Å². The highest BCUT2D eigenvalue weighted by Crippen LogP contribution is 2.25. The van der Waals surface area contributed by atoms with Crippen LogP contribution in [0.4, 0.5) is 0 Å². The summed E-state index contributed by atoms with van der Waals surface area (Å²) in [7, 11) is 0. The molecule has 122 valence electrons. The second kappa shape index (κ2) is 7.31. The van der Waals surface area contributed by atoms with E-state index in [9.17, 15) is 4.79 Å². The molecule has 0 aliphatic carbocycles. The van der Waals surface area contributed by atoms with Crippen molar-refractivity contribution in [2.45, 2.75) is 18.5 Å². The third-order valence-corrected chi connectivity index (χ3v) is 4.20. The number of carbonyl (C=O) groups excluding carboxylic acids is 1. The minimum absolute atomic E-state index is 0.174. The summed E-state index contributed by atoms with van der Waals surface area (Å²) in [5.41, 5.74) is 2.18. The summed E-state index contributed by atoms with van der Waals surface area (Å²) < 4.78 is 5.34. The quantitative estimate of drug-likeness (QED) is 0.567. The molecule has 1 amide bonds. The fourth-order valence-electron chi connectivity index (χ4n) is 2.34. The summed E-state index contributed by atoms with van der Waals surface area (Å²) in [6, 6.07) is 13.4. The van der Waals surface area contributed by atoms with Crippen molar-refractivity contribution in [1.29, 1.82) is 0 Å². The second-order valence-electron chi connectivity index (χ2n) is 5.16. The summed E-state index contributed by atoms with van der Waals surface area (Å²) in [5.74, 6) is 0.901. The van der Waals surface area contributed by atoms with E-state index in [0.29, 0.717) is 34.4 Å². The number of nitrogens with zero attached hydrogens (tertiary/aromatic N) is 2. The lowest BCUT2D eigenvalue weighted by Gasteiger charge is -2.11. The zero-order chi connectivity index (χ0) is 16.9. The van der Waals surface area contributed by atoms with Gasteiger partial charge in [-0.25, -0.2) is 9.97 Å². The van der Waals surface area contributed by atoms with Crippen molar-refractivity contribution in [1.82, 2.24) is 15.3 Å². The highest BCUT2D eigenvalue weighted by atomic mass is 32.2. The molecule has 0 fully saturated rings. The van der Waals surface area contributed by atoms with E-state index >= 15 is 0 Å². The number of aryl methyl sites for hydroxylation is 1. The second-order valence-corrected chi connectivity index (χ2v) is 5.96. The zero-order valence-corrected chi connectivity index (χ0v) is 14.3. The van der Waals surface area contributed by atoms with Gasteiger partial charge in [-0.2, -0.15) is 0 Å². The number of hydrogen-bond acceptors (Lipinski definition) is 5. The van der Waals surface area contributed by atoms with E-state index in [4.69, 9.17) is 4.42 Å². The van der Waals surface area contributed by atoms with Crippen molar-refractivity contribution in [3.63, 3.8) is 0 Å². The first-order valence-electron chi connectivity index (χ1n) is 7.47. The normalized spacial score (nSPS) is 10.6.